The normalized spacial score (nSPS) is 24.6. The fourth-order valence-electron chi connectivity index (χ4n) is 5.42. The first kappa shape index (κ1) is 20.2. The van der Waals surface area contributed by atoms with Crippen LogP contribution in [0.3, 0.4) is 0 Å². The van der Waals surface area contributed by atoms with Gasteiger partial charge in [-0.05, 0) is 86.1 Å². The van der Waals surface area contributed by atoms with E-state index in [0.29, 0.717) is 30.4 Å². The number of nitrogens with zero attached hydrogens (tertiary/aromatic N) is 1. The number of fused-ring (bicyclic) bond motifs is 1. The minimum atomic E-state index is -0.834. The Labute approximate surface area is 192 Å². The van der Waals surface area contributed by atoms with Crippen LogP contribution in [0, 0.1) is 5.92 Å². The molecule has 4 aliphatic carbocycles. The van der Waals surface area contributed by atoms with Gasteiger partial charge in [0.1, 0.15) is 6.17 Å². The number of carbonyl (C=O) groups excluding carboxylic acids is 1. The summed E-state index contributed by atoms with van der Waals surface area (Å²) in [5, 5.41) is 10.0. The molecule has 0 radical (unpaired) electrons. The highest BCUT2D eigenvalue weighted by Crippen LogP contribution is 2.58. The standard InChI is InChI=1S/C27H27FN4O/c28-19-7-8-24-23(12-19)25(9-10-29-24)30-20-4-1-3-18(11-20)26(33)31-21-5-2-6-22(13-21)32-27-14-17(15-27)16-27/h1-6,9-11,13,17,19,32H,7-8,12,14-16H2,(H,29,30)(H,31,33). The number of aromatic nitrogens is 1. The van der Waals surface area contributed by atoms with Gasteiger partial charge in [0.05, 0.1) is 0 Å². The molecule has 2 aromatic carbocycles. The van der Waals surface area contributed by atoms with Gasteiger partial charge in [-0.15, -0.1) is 0 Å². The molecule has 0 aliphatic heterocycles. The van der Waals surface area contributed by atoms with Crippen molar-refractivity contribution < 1.29 is 9.18 Å². The molecule has 5 nitrogen and oxygen atoms in total. The predicted octanol–water partition coefficient (Wildman–Crippen LogP) is 5.87. The van der Waals surface area contributed by atoms with Crippen LogP contribution >= 0.6 is 0 Å². The quantitative estimate of drug-likeness (QED) is 0.447. The highest BCUT2D eigenvalue weighted by molar-refractivity contribution is 6.05. The number of hydrogen-bond donors (Lipinski definition) is 3. The lowest BCUT2D eigenvalue weighted by molar-refractivity contribution is 0.00214. The van der Waals surface area contributed by atoms with E-state index in [2.05, 4.69) is 27.0 Å². The summed E-state index contributed by atoms with van der Waals surface area (Å²) in [6, 6.07) is 17.2. The lowest BCUT2D eigenvalue weighted by atomic mass is 9.50. The molecule has 2 bridgehead atoms. The minimum absolute atomic E-state index is 0.165. The Morgan fingerprint density at radius 3 is 2.61 bits per heavy atom. The van der Waals surface area contributed by atoms with Gasteiger partial charge in [-0.3, -0.25) is 9.78 Å². The molecule has 1 amide bonds. The van der Waals surface area contributed by atoms with Gasteiger partial charge in [-0.1, -0.05) is 12.1 Å². The number of aryl methyl sites for hydroxylation is 1. The molecule has 3 aromatic rings. The van der Waals surface area contributed by atoms with Crippen LogP contribution in [0.1, 0.15) is 47.3 Å². The van der Waals surface area contributed by atoms with Crippen LogP contribution in [0.25, 0.3) is 0 Å². The van der Waals surface area contributed by atoms with Gasteiger partial charge in [0.2, 0.25) is 0 Å². The maximum absolute atomic E-state index is 14.0. The van der Waals surface area contributed by atoms with Crippen LogP contribution < -0.4 is 16.0 Å². The van der Waals surface area contributed by atoms with E-state index in [1.807, 2.05) is 42.5 Å². The average molecular weight is 443 g/mol. The third kappa shape index (κ3) is 3.94. The van der Waals surface area contributed by atoms with Gasteiger partial charge >= 0.3 is 0 Å². The Bertz CT molecular complexity index is 1210. The van der Waals surface area contributed by atoms with E-state index in [9.17, 15) is 9.18 Å². The molecular formula is C27H27FN4O. The van der Waals surface area contributed by atoms with Crippen molar-refractivity contribution in [2.45, 2.75) is 50.2 Å². The maximum Gasteiger partial charge on any atom is 0.255 e. The van der Waals surface area contributed by atoms with Crippen LogP contribution in [0.2, 0.25) is 0 Å². The van der Waals surface area contributed by atoms with Gasteiger partial charge in [-0.2, -0.15) is 0 Å². The first-order chi connectivity index (χ1) is 16.1. The molecule has 168 valence electrons. The zero-order chi connectivity index (χ0) is 22.4. The molecule has 6 heteroatoms. The van der Waals surface area contributed by atoms with E-state index in [0.717, 1.165) is 39.9 Å². The Balaban J connectivity index is 1.16. The lowest BCUT2D eigenvalue weighted by Gasteiger charge is -2.62. The van der Waals surface area contributed by atoms with Crippen molar-refractivity contribution in [1.29, 1.82) is 0 Å². The zero-order valence-electron chi connectivity index (χ0n) is 18.4. The Morgan fingerprint density at radius 2 is 1.79 bits per heavy atom. The van der Waals surface area contributed by atoms with Gasteiger partial charge < -0.3 is 16.0 Å². The Morgan fingerprint density at radius 1 is 1.00 bits per heavy atom. The Kier molecular flexibility index (Phi) is 4.82. The van der Waals surface area contributed by atoms with Crippen molar-refractivity contribution in [3.8, 4) is 0 Å². The van der Waals surface area contributed by atoms with E-state index in [1.165, 1.54) is 19.3 Å². The Hall–Kier alpha value is -3.41. The average Bonchev–Trinajstić information content (AvgIpc) is 2.76. The molecule has 3 fully saturated rings. The van der Waals surface area contributed by atoms with Crippen LogP contribution in [-0.4, -0.2) is 22.6 Å². The molecule has 1 heterocycles. The van der Waals surface area contributed by atoms with Crippen molar-refractivity contribution >= 4 is 28.7 Å². The highest BCUT2D eigenvalue weighted by Gasteiger charge is 2.56. The predicted molar refractivity (Wildman–Crippen MR) is 129 cm³/mol. The number of hydrogen-bond acceptors (Lipinski definition) is 4. The van der Waals surface area contributed by atoms with Gasteiger partial charge in [0.15, 0.2) is 0 Å². The number of alkyl halides is 1. The lowest BCUT2D eigenvalue weighted by Crippen LogP contribution is -2.63. The number of carbonyl (C=O) groups is 1. The largest absolute Gasteiger partial charge is 0.380 e. The van der Waals surface area contributed by atoms with Crippen LogP contribution in [0.15, 0.2) is 60.8 Å². The molecular weight excluding hydrogens is 415 g/mol. The third-order valence-electron chi connectivity index (χ3n) is 7.24. The summed E-state index contributed by atoms with van der Waals surface area (Å²) in [4.78, 5) is 17.4. The summed E-state index contributed by atoms with van der Waals surface area (Å²) in [5.41, 5.74) is 6.20. The molecule has 3 saturated carbocycles. The molecule has 7 rings (SSSR count). The number of amides is 1. The summed E-state index contributed by atoms with van der Waals surface area (Å²) >= 11 is 0. The van der Waals surface area contributed by atoms with E-state index in [-0.39, 0.29) is 5.91 Å². The SMILES string of the molecule is O=C(Nc1cccc(NC23CC(C2)C3)c1)c1cccc(Nc2ccnc3c2CC(F)CC3)c1. The van der Waals surface area contributed by atoms with Crippen molar-refractivity contribution in [2.24, 2.45) is 5.92 Å². The first-order valence-electron chi connectivity index (χ1n) is 11.7. The second-order valence-electron chi connectivity index (χ2n) is 9.75. The topological polar surface area (TPSA) is 66.1 Å². The summed E-state index contributed by atoms with van der Waals surface area (Å²) in [5.74, 6) is 0.749. The molecule has 1 unspecified atom stereocenters. The minimum Gasteiger partial charge on any atom is -0.380 e. The third-order valence-corrected chi connectivity index (χ3v) is 7.24. The maximum atomic E-state index is 14.0. The van der Waals surface area contributed by atoms with Gasteiger partial charge in [0.25, 0.3) is 5.91 Å². The van der Waals surface area contributed by atoms with Crippen molar-refractivity contribution in [3.05, 3.63) is 77.6 Å². The van der Waals surface area contributed by atoms with E-state index in [4.69, 9.17) is 0 Å². The van der Waals surface area contributed by atoms with Crippen LogP contribution in [-0.2, 0) is 12.8 Å². The number of benzene rings is 2. The van der Waals surface area contributed by atoms with Crippen molar-refractivity contribution in [1.82, 2.24) is 4.98 Å². The molecule has 3 N–H and O–H groups in total. The first-order valence-corrected chi connectivity index (χ1v) is 11.7. The van der Waals surface area contributed by atoms with Gasteiger partial charge in [-0.25, -0.2) is 4.39 Å². The summed E-state index contributed by atoms with van der Waals surface area (Å²) in [6.07, 6.45) is 6.26. The molecule has 4 aliphatic rings. The number of halogens is 1. The zero-order valence-corrected chi connectivity index (χ0v) is 18.4. The highest BCUT2D eigenvalue weighted by atomic mass is 19.1. The number of nitrogens with one attached hydrogen (secondary N) is 3. The number of rotatable bonds is 6. The summed E-state index contributed by atoms with van der Waals surface area (Å²) < 4.78 is 14.0. The van der Waals surface area contributed by atoms with Gasteiger partial charge in [0, 0.05) is 52.2 Å². The number of pyridine rings is 1. The summed E-state index contributed by atoms with van der Waals surface area (Å²) in [7, 11) is 0. The van der Waals surface area contributed by atoms with E-state index < -0.39 is 6.17 Å². The fourth-order valence-corrected chi connectivity index (χ4v) is 5.42. The molecule has 1 atom stereocenters. The smallest absolute Gasteiger partial charge is 0.255 e. The molecule has 0 spiro atoms. The van der Waals surface area contributed by atoms with Crippen LogP contribution in [0.5, 0.6) is 0 Å². The molecule has 1 aromatic heterocycles. The second-order valence-corrected chi connectivity index (χ2v) is 9.75. The number of anilines is 4. The fraction of sp³-hybridized carbons (Fsp3) is 0.333. The molecule has 33 heavy (non-hydrogen) atoms. The molecule has 0 saturated heterocycles. The van der Waals surface area contributed by atoms with E-state index >= 15 is 0 Å². The van der Waals surface area contributed by atoms with E-state index in [1.54, 1.807) is 12.3 Å². The van der Waals surface area contributed by atoms with Crippen LogP contribution in [0.4, 0.5) is 27.1 Å². The second kappa shape index (κ2) is 7.87. The summed E-state index contributed by atoms with van der Waals surface area (Å²) in [6.45, 7) is 0. The van der Waals surface area contributed by atoms with Crippen molar-refractivity contribution in [3.63, 3.8) is 0 Å². The van der Waals surface area contributed by atoms with Crippen molar-refractivity contribution in [2.75, 3.05) is 16.0 Å². The monoisotopic (exact) mass is 442 g/mol.